The molecule has 2 N–H and O–H groups in total. The fourth-order valence-electron chi connectivity index (χ4n) is 3.10. The number of carbonyl (C=O) groups is 1. The van der Waals surface area contributed by atoms with Gasteiger partial charge in [-0.15, -0.1) is 0 Å². The van der Waals surface area contributed by atoms with E-state index in [4.69, 9.17) is 0 Å². The molecule has 1 heterocycles. The van der Waals surface area contributed by atoms with Gasteiger partial charge in [0, 0.05) is 31.2 Å². The maximum absolute atomic E-state index is 12.2. The molecular formula is C23H29N5O. The summed E-state index contributed by atoms with van der Waals surface area (Å²) in [5.74, 6) is 0. The van der Waals surface area contributed by atoms with Gasteiger partial charge < -0.3 is 10.6 Å². The summed E-state index contributed by atoms with van der Waals surface area (Å²) >= 11 is 0. The molecule has 0 spiro atoms. The molecule has 6 heteroatoms. The van der Waals surface area contributed by atoms with E-state index in [0.29, 0.717) is 13.1 Å². The van der Waals surface area contributed by atoms with Crippen molar-refractivity contribution in [3.8, 4) is 0 Å². The highest BCUT2D eigenvalue weighted by Crippen LogP contribution is 2.11. The van der Waals surface area contributed by atoms with Crippen molar-refractivity contribution in [1.29, 1.82) is 0 Å². The van der Waals surface area contributed by atoms with E-state index >= 15 is 0 Å². The Kier molecular flexibility index (Phi) is 7.41. The Balaban J connectivity index is 1.44. The average Bonchev–Trinajstić information content (AvgIpc) is 3.26. The van der Waals surface area contributed by atoms with Crippen molar-refractivity contribution in [3.63, 3.8) is 0 Å². The summed E-state index contributed by atoms with van der Waals surface area (Å²) < 4.78 is 1.86. The van der Waals surface area contributed by atoms with Crippen LogP contribution in [0.4, 0.5) is 10.5 Å². The van der Waals surface area contributed by atoms with Crippen LogP contribution in [0, 0.1) is 0 Å². The molecule has 0 saturated heterocycles. The number of nitrogens with one attached hydrogen (secondary N) is 2. The average molecular weight is 392 g/mol. The van der Waals surface area contributed by atoms with Crippen LogP contribution in [0.1, 0.15) is 30.5 Å². The van der Waals surface area contributed by atoms with Gasteiger partial charge in [0.25, 0.3) is 0 Å². The number of benzene rings is 2. The summed E-state index contributed by atoms with van der Waals surface area (Å²) in [5.41, 5.74) is 4.26. The molecule has 0 unspecified atom stereocenters. The van der Waals surface area contributed by atoms with Crippen LogP contribution < -0.4 is 10.6 Å². The summed E-state index contributed by atoms with van der Waals surface area (Å²) in [6.45, 7) is 8.60. The first-order chi connectivity index (χ1) is 14.2. The Morgan fingerprint density at radius 1 is 0.966 bits per heavy atom. The summed E-state index contributed by atoms with van der Waals surface area (Å²) in [6, 6.07) is 17.9. The highest BCUT2D eigenvalue weighted by Gasteiger charge is 2.04. The lowest BCUT2D eigenvalue weighted by Gasteiger charge is -2.18. The van der Waals surface area contributed by atoms with Crippen molar-refractivity contribution >= 4 is 11.7 Å². The lowest BCUT2D eigenvalue weighted by atomic mass is 10.1. The van der Waals surface area contributed by atoms with Gasteiger partial charge in [-0.3, -0.25) is 9.58 Å². The first kappa shape index (κ1) is 20.6. The summed E-state index contributed by atoms with van der Waals surface area (Å²) in [4.78, 5) is 14.6. The smallest absolute Gasteiger partial charge is 0.319 e. The zero-order valence-corrected chi connectivity index (χ0v) is 17.1. The second-order valence-electron chi connectivity index (χ2n) is 6.99. The van der Waals surface area contributed by atoms with Crippen molar-refractivity contribution < 1.29 is 4.79 Å². The highest BCUT2D eigenvalue weighted by molar-refractivity contribution is 5.89. The Hall–Kier alpha value is -3.12. The molecule has 0 aliphatic heterocycles. The van der Waals surface area contributed by atoms with Gasteiger partial charge in [-0.2, -0.15) is 5.10 Å². The number of hydrogen-bond acceptors (Lipinski definition) is 3. The van der Waals surface area contributed by atoms with Crippen molar-refractivity contribution in [3.05, 3.63) is 83.7 Å². The quantitative estimate of drug-likeness (QED) is 0.577. The number of anilines is 1. The molecule has 0 aliphatic rings. The molecule has 1 aromatic heterocycles. The van der Waals surface area contributed by atoms with Gasteiger partial charge in [-0.1, -0.05) is 50.2 Å². The number of carbonyl (C=O) groups excluding carboxylic acids is 1. The Morgan fingerprint density at radius 3 is 2.24 bits per heavy atom. The first-order valence-electron chi connectivity index (χ1n) is 10.1. The number of urea groups is 1. The third kappa shape index (κ3) is 6.47. The van der Waals surface area contributed by atoms with Crippen LogP contribution in [0.2, 0.25) is 0 Å². The van der Waals surface area contributed by atoms with E-state index in [1.807, 2.05) is 41.2 Å². The highest BCUT2D eigenvalue weighted by atomic mass is 16.2. The molecular weight excluding hydrogens is 362 g/mol. The largest absolute Gasteiger partial charge is 0.334 e. The third-order valence-corrected chi connectivity index (χ3v) is 4.89. The van der Waals surface area contributed by atoms with Crippen LogP contribution in [0.25, 0.3) is 0 Å². The van der Waals surface area contributed by atoms with Crippen molar-refractivity contribution in [2.45, 2.75) is 33.5 Å². The molecule has 0 fully saturated rings. The normalized spacial score (nSPS) is 10.9. The van der Waals surface area contributed by atoms with E-state index in [1.54, 1.807) is 6.20 Å². The van der Waals surface area contributed by atoms with Gasteiger partial charge in [0.2, 0.25) is 0 Å². The molecule has 3 aromatic rings. The van der Waals surface area contributed by atoms with Crippen LogP contribution in [0.3, 0.4) is 0 Å². The zero-order valence-electron chi connectivity index (χ0n) is 17.1. The Bertz CT molecular complexity index is 869. The van der Waals surface area contributed by atoms with E-state index in [2.05, 4.69) is 58.7 Å². The fourth-order valence-corrected chi connectivity index (χ4v) is 3.10. The predicted octanol–water partition coefficient (Wildman–Crippen LogP) is 4.09. The van der Waals surface area contributed by atoms with E-state index in [0.717, 1.165) is 36.4 Å². The summed E-state index contributed by atoms with van der Waals surface area (Å²) in [5, 5.41) is 9.98. The molecule has 0 atom stereocenters. The predicted molar refractivity (Wildman–Crippen MR) is 117 cm³/mol. The minimum absolute atomic E-state index is 0.211. The van der Waals surface area contributed by atoms with Gasteiger partial charge >= 0.3 is 6.03 Å². The van der Waals surface area contributed by atoms with E-state index < -0.39 is 0 Å². The standard InChI is InChI=1S/C23H29N5O/c1-3-27(4-2)17-20-8-6-19(7-9-20)16-24-23(29)26-22-12-10-21(11-13-22)18-28-15-5-14-25-28/h5-15H,3-4,16-18H2,1-2H3,(H2,24,26,29). The monoisotopic (exact) mass is 391 g/mol. The Morgan fingerprint density at radius 2 is 1.62 bits per heavy atom. The minimum atomic E-state index is -0.211. The molecule has 2 amide bonds. The molecule has 3 rings (SSSR count). The second-order valence-corrected chi connectivity index (χ2v) is 6.99. The zero-order chi connectivity index (χ0) is 20.5. The van der Waals surface area contributed by atoms with Crippen LogP contribution in [-0.2, 0) is 19.6 Å². The second kappa shape index (κ2) is 10.4. The number of aromatic nitrogens is 2. The number of amides is 2. The van der Waals surface area contributed by atoms with Crippen LogP contribution in [-0.4, -0.2) is 33.8 Å². The van der Waals surface area contributed by atoms with Crippen molar-refractivity contribution in [2.24, 2.45) is 0 Å². The van der Waals surface area contributed by atoms with E-state index in [-0.39, 0.29) is 6.03 Å². The first-order valence-corrected chi connectivity index (χ1v) is 10.1. The Labute approximate surface area is 172 Å². The molecule has 0 bridgehead atoms. The fraction of sp³-hybridized carbons (Fsp3) is 0.304. The topological polar surface area (TPSA) is 62.2 Å². The van der Waals surface area contributed by atoms with Gasteiger partial charge in [-0.05, 0) is 48.0 Å². The molecule has 6 nitrogen and oxygen atoms in total. The van der Waals surface area contributed by atoms with Crippen LogP contribution in [0.5, 0.6) is 0 Å². The molecule has 2 aromatic carbocycles. The van der Waals surface area contributed by atoms with E-state index in [1.165, 1.54) is 5.56 Å². The third-order valence-electron chi connectivity index (χ3n) is 4.89. The summed E-state index contributed by atoms with van der Waals surface area (Å²) in [6.07, 6.45) is 3.69. The van der Waals surface area contributed by atoms with Crippen molar-refractivity contribution in [1.82, 2.24) is 20.0 Å². The van der Waals surface area contributed by atoms with Crippen LogP contribution in [0.15, 0.2) is 67.0 Å². The summed E-state index contributed by atoms with van der Waals surface area (Å²) in [7, 11) is 0. The van der Waals surface area contributed by atoms with Gasteiger partial charge in [0.05, 0.1) is 6.54 Å². The SMILES string of the molecule is CCN(CC)Cc1ccc(CNC(=O)Nc2ccc(Cn3cccn3)cc2)cc1. The van der Waals surface area contributed by atoms with Gasteiger partial charge in [0.1, 0.15) is 0 Å². The number of hydrogen-bond donors (Lipinski definition) is 2. The van der Waals surface area contributed by atoms with Gasteiger partial charge in [-0.25, -0.2) is 4.79 Å². The molecule has 152 valence electrons. The van der Waals surface area contributed by atoms with E-state index in [9.17, 15) is 4.79 Å². The number of rotatable bonds is 9. The molecule has 0 aliphatic carbocycles. The van der Waals surface area contributed by atoms with Gasteiger partial charge in [0.15, 0.2) is 0 Å². The molecule has 29 heavy (non-hydrogen) atoms. The van der Waals surface area contributed by atoms with Crippen LogP contribution >= 0.6 is 0 Å². The molecule has 0 radical (unpaired) electrons. The maximum Gasteiger partial charge on any atom is 0.319 e. The lowest BCUT2D eigenvalue weighted by molar-refractivity contribution is 0.251. The minimum Gasteiger partial charge on any atom is -0.334 e. The number of nitrogens with zero attached hydrogens (tertiary/aromatic N) is 3. The molecule has 0 saturated carbocycles. The lowest BCUT2D eigenvalue weighted by Crippen LogP contribution is -2.28. The maximum atomic E-state index is 12.2. The van der Waals surface area contributed by atoms with Crippen molar-refractivity contribution in [2.75, 3.05) is 18.4 Å².